The van der Waals surface area contributed by atoms with Crippen molar-refractivity contribution in [2.75, 3.05) is 6.54 Å². The molecule has 1 aliphatic carbocycles. The number of carbonyl (C=O) groups is 1. The normalized spacial score (nSPS) is 16.5. The number of amides is 1. The van der Waals surface area contributed by atoms with Crippen LogP contribution in [0.25, 0.3) is 0 Å². The fraction of sp³-hybridized carbons (Fsp3) is 0.444. The van der Waals surface area contributed by atoms with Crippen molar-refractivity contribution >= 4 is 27.3 Å². The van der Waals surface area contributed by atoms with Gasteiger partial charge in [-0.15, -0.1) is 0 Å². The highest BCUT2D eigenvalue weighted by atomic mass is 35.5. The van der Waals surface area contributed by atoms with E-state index >= 15 is 0 Å². The Bertz CT molecular complexity index is 842. The molecule has 26 heavy (non-hydrogen) atoms. The van der Waals surface area contributed by atoms with Gasteiger partial charge >= 0.3 is 0 Å². The van der Waals surface area contributed by atoms with Crippen LogP contribution in [0.2, 0.25) is 5.02 Å². The van der Waals surface area contributed by atoms with Crippen LogP contribution in [0.5, 0.6) is 0 Å². The molecule has 1 fully saturated rings. The van der Waals surface area contributed by atoms with E-state index in [1.54, 1.807) is 23.0 Å². The predicted octanol–water partition coefficient (Wildman–Crippen LogP) is 2.83. The monoisotopic (exact) mass is 395 g/mol. The maximum absolute atomic E-state index is 13.2. The summed E-state index contributed by atoms with van der Waals surface area (Å²) < 4.78 is 26.8. The molecule has 1 aromatic heterocycles. The number of benzene rings is 1. The smallest absolute Gasteiger partial charge is 0.241 e. The lowest BCUT2D eigenvalue weighted by Crippen LogP contribution is -2.50. The maximum atomic E-state index is 13.2. The van der Waals surface area contributed by atoms with Gasteiger partial charge in [-0.1, -0.05) is 24.4 Å². The first-order valence-electron chi connectivity index (χ1n) is 8.72. The maximum Gasteiger partial charge on any atom is 0.241 e. The number of aromatic nitrogens is 2. The van der Waals surface area contributed by atoms with Gasteiger partial charge < -0.3 is 5.32 Å². The molecule has 0 aliphatic heterocycles. The second-order valence-electron chi connectivity index (χ2n) is 6.54. The van der Waals surface area contributed by atoms with Gasteiger partial charge in [0.25, 0.3) is 0 Å². The fourth-order valence-electron chi connectivity index (χ4n) is 3.44. The van der Waals surface area contributed by atoms with Gasteiger partial charge in [0.15, 0.2) is 14.6 Å². The van der Waals surface area contributed by atoms with Crippen LogP contribution in [-0.2, 0) is 21.2 Å². The highest BCUT2D eigenvalue weighted by Gasteiger charge is 2.52. The van der Waals surface area contributed by atoms with Crippen molar-refractivity contribution in [3.8, 4) is 0 Å². The van der Waals surface area contributed by atoms with E-state index in [2.05, 4.69) is 10.4 Å². The predicted molar refractivity (Wildman–Crippen MR) is 99.7 cm³/mol. The van der Waals surface area contributed by atoms with Crippen molar-refractivity contribution in [3.05, 3.63) is 47.7 Å². The van der Waals surface area contributed by atoms with Crippen molar-refractivity contribution in [3.63, 3.8) is 0 Å². The van der Waals surface area contributed by atoms with Gasteiger partial charge in [0.1, 0.15) is 0 Å². The van der Waals surface area contributed by atoms with Crippen LogP contribution >= 0.6 is 11.6 Å². The molecule has 2 aromatic rings. The van der Waals surface area contributed by atoms with E-state index in [9.17, 15) is 13.2 Å². The molecular weight excluding hydrogens is 374 g/mol. The number of halogens is 1. The van der Waals surface area contributed by atoms with Crippen molar-refractivity contribution in [2.24, 2.45) is 0 Å². The van der Waals surface area contributed by atoms with Crippen molar-refractivity contribution in [1.82, 2.24) is 15.1 Å². The van der Waals surface area contributed by atoms with Crippen LogP contribution in [0.1, 0.15) is 32.1 Å². The van der Waals surface area contributed by atoms with E-state index in [-0.39, 0.29) is 4.90 Å². The minimum absolute atomic E-state index is 0.149. The molecule has 0 radical (unpaired) electrons. The largest absolute Gasteiger partial charge is 0.355 e. The minimum atomic E-state index is -3.78. The summed E-state index contributed by atoms with van der Waals surface area (Å²) in [6.45, 7) is 1.08. The molecular formula is C18H22ClN3O3S. The summed E-state index contributed by atoms with van der Waals surface area (Å²) in [5.74, 6) is -0.398. The molecule has 1 N–H and O–H groups in total. The Labute approximate surface area is 158 Å². The molecule has 1 amide bonds. The third-order valence-electron chi connectivity index (χ3n) is 4.87. The van der Waals surface area contributed by atoms with Gasteiger partial charge in [0.05, 0.1) is 4.90 Å². The summed E-state index contributed by atoms with van der Waals surface area (Å²) in [6.07, 6.45) is 6.40. The molecule has 1 heterocycles. The number of sulfone groups is 1. The average Bonchev–Trinajstić information content (AvgIpc) is 3.31. The molecule has 0 spiro atoms. The van der Waals surface area contributed by atoms with Gasteiger partial charge in [-0.3, -0.25) is 9.48 Å². The highest BCUT2D eigenvalue weighted by molar-refractivity contribution is 7.93. The van der Waals surface area contributed by atoms with Crippen LogP contribution < -0.4 is 5.32 Å². The average molecular weight is 396 g/mol. The molecule has 8 heteroatoms. The molecule has 1 aromatic carbocycles. The van der Waals surface area contributed by atoms with Gasteiger partial charge in [-0.25, -0.2) is 8.42 Å². The number of nitrogens with zero attached hydrogens (tertiary/aromatic N) is 2. The topological polar surface area (TPSA) is 81.1 Å². The number of hydrogen-bond donors (Lipinski definition) is 1. The molecule has 140 valence electrons. The Morgan fingerprint density at radius 1 is 1.23 bits per heavy atom. The Hall–Kier alpha value is -1.86. The first-order valence-corrected chi connectivity index (χ1v) is 10.6. The standard InChI is InChI=1S/C18H22ClN3O3S/c19-15-5-7-16(8-6-15)26(24,25)18(9-1-2-10-18)17(23)20-11-3-13-22-14-4-12-21-22/h4-8,12,14H,1-3,9-11,13H2,(H,20,23). The lowest BCUT2D eigenvalue weighted by Gasteiger charge is -2.27. The molecule has 3 rings (SSSR count). The SMILES string of the molecule is O=C(NCCCn1cccn1)C1(S(=O)(=O)c2ccc(Cl)cc2)CCCC1. The van der Waals surface area contributed by atoms with E-state index in [0.29, 0.717) is 37.4 Å². The van der Waals surface area contributed by atoms with Crippen LogP contribution in [-0.4, -0.2) is 35.4 Å². The zero-order chi connectivity index (χ0) is 18.6. The molecule has 6 nitrogen and oxygen atoms in total. The van der Waals surface area contributed by atoms with Gasteiger partial charge in [0.2, 0.25) is 5.91 Å². The summed E-state index contributed by atoms with van der Waals surface area (Å²) in [4.78, 5) is 13.0. The Kier molecular flexibility index (Phi) is 5.67. The number of carbonyl (C=O) groups excluding carboxylic acids is 1. The van der Waals surface area contributed by atoms with Crippen molar-refractivity contribution in [1.29, 1.82) is 0 Å². The lowest BCUT2D eigenvalue weighted by molar-refractivity contribution is -0.123. The second-order valence-corrected chi connectivity index (χ2v) is 9.23. The van der Waals surface area contributed by atoms with Gasteiger partial charge in [-0.05, 0) is 49.6 Å². The van der Waals surface area contributed by atoms with E-state index in [1.165, 1.54) is 12.1 Å². The molecule has 0 unspecified atom stereocenters. The highest BCUT2D eigenvalue weighted by Crippen LogP contribution is 2.41. The summed E-state index contributed by atoms with van der Waals surface area (Å²) in [6, 6.07) is 7.87. The Balaban J connectivity index is 1.72. The number of hydrogen-bond acceptors (Lipinski definition) is 4. The number of rotatable bonds is 7. The van der Waals surface area contributed by atoms with E-state index < -0.39 is 20.5 Å². The summed E-state index contributed by atoms with van der Waals surface area (Å²) in [5, 5.41) is 7.40. The second kappa shape index (κ2) is 7.80. The summed E-state index contributed by atoms with van der Waals surface area (Å²) >= 11 is 5.86. The van der Waals surface area contributed by atoms with Crippen molar-refractivity contribution < 1.29 is 13.2 Å². The van der Waals surface area contributed by atoms with Crippen molar-refractivity contribution in [2.45, 2.75) is 48.3 Å². The van der Waals surface area contributed by atoms with Crippen LogP contribution in [0, 0.1) is 0 Å². The van der Waals surface area contributed by atoms with Gasteiger partial charge in [0, 0.05) is 30.5 Å². The van der Waals surface area contributed by atoms with Crippen LogP contribution in [0.3, 0.4) is 0 Å². The molecule has 0 atom stereocenters. The first-order chi connectivity index (χ1) is 12.5. The molecule has 1 aliphatic rings. The minimum Gasteiger partial charge on any atom is -0.355 e. The third-order valence-corrected chi connectivity index (χ3v) is 7.64. The van der Waals surface area contributed by atoms with Crippen LogP contribution in [0.4, 0.5) is 0 Å². The molecule has 0 bridgehead atoms. The molecule has 0 saturated heterocycles. The Morgan fingerprint density at radius 3 is 2.54 bits per heavy atom. The molecule has 1 saturated carbocycles. The first kappa shape index (κ1) is 18.9. The van der Waals surface area contributed by atoms with Crippen LogP contribution in [0.15, 0.2) is 47.6 Å². The van der Waals surface area contributed by atoms with E-state index in [4.69, 9.17) is 11.6 Å². The third kappa shape index (κ3) is 3.64. The van der Waals surface area contributed by atoms with Gasteiger partial charge in [-0.2, -0.15) is 5.10 Å². The lowest BCUT2D eigenvalue weighted by atomic mass is 10.1. The zero-order valence-corrected chi connectivity index (χ0v) is 16.0. The number of nitrogens with one attached hydrogen (secondary N) is 1. The quantitative estimate of drug-likeness (QED) is 0.731. The zero-order valence-electron chi connectivity index (χ0n) is 14.4. The number of aryl methyl sites for hydroxylation is 1. The van der Waals surface area contributed by atoms with E-state index in [0.717, 1.165) is 12.8 Å². The summed E-state index contributed by atoms with van der Waals surface area (Å²) in [7, 11) is -3.78. The summed E-state index contributed by atoms with van der Waals surface area (Å²) in [5.41, 5.74) is 0. The Morgan fingerprint density at radius 2 is 1.92 bits per heavy atom. The van der Waals surface area contributed by atoms with E-state index in [1.807, 2.05) is 12.3 Å². The fourth-order valence-corrected chi connectivity index (χ4v) is 5.65.